The minimum Gasteiger partial charge on any atom is -0.480 e. The van der Waals surface area contributed by atoms with Crippen molar-refractivity contribution in [3.63, 3.8) is 0 Å². The SMILES string of the molecule is CCCCCCCCCCN(CC(=O)O)C(=O)OCC1c2ccccc2-c2ccccc21. The van der Waals surface area contributed by atoms with E-state index in [1.165, 1.54) is 48.1 Å². The third kappa shape index (κ3) is 6.35. The Hall–Kier alpha value is -2.82. The van der Waals surface area contributed by atoms with Gasteiger partial charge in [-0.2, -0.15) is 0 Å². The highest BCUT2D eigenvalue weighted by molar-refractivity contribution is 5.79. The lowest BCUT2D eigenvalue weighted by Crippen LogP contribution is -2.37. The van der Waals surface area contributed by atoms with Crippen LogP contribution in [0.2, 0.25) is 0 Å². The number of carbonyl (C=O) groups is 2. The summed E-state index contributed by atoms with van der Waals surface area (Å²) >= 11 is 0. The molecule has 0 saturated heterocycles. The van der Waals surface area contributed by atoms with Crippen molar-refractivity contribution < 1.29 is 19.4 Å². The summed E-state index contributed by atoms with van der Waals surface area (Å²) in [5, 5.41) is 9.25. The summed E-state index contributed by atoms with van der Waals surface area (Å²) in [4.78, 5) is 25.4. The maximum Gasteiger partial charge on any atom is 0.410 e. The average Bonchev–Trinajstić information content (AvgIpc) is 3.12. The number of carboxylic acid groups (broad SMARTS) is 1. The Balaban J connectivity index is 1.52. The molecule has 1 aliphatic carbocycles. The van der Waals surface area contributed by atoms with E-state index in [9.17, 15) is 14.7 Å². The van der Waals surface area contributed by atoms with Crippen molar-refractivity contribution in [2.75, 3.05) is 19.7 Å². The lowest BCUT2D eigenvalue weighted by Gasteiger charge is -2.22. The summed E-state index contributed by atoms with van der Waals surface area (Å²) in [6.07, 6.45) is 8.62. The van der Waals surface area contributed by atoms with E-state index in [2.05, 4.69) is 31.2 Å². The Morgan fingerprint density at radius 1 is 0.844 bits per heavy atom. The van der Waals surface area contributed by atoms with Crippen molar-refractivity contribution in [1.82, 2.24) is 4.90 Å². The van der Waals surface area contributed by atoms with Gasteiger partial charge in [-0.25, -0.2) is 4.79 Å². The van der Waals surface area contributed by atoms with Crippen molar-refractivity contribution in [2.45, 2.75) is 64.2 Å². The second-order valence-corrected chi connectivity index (χ2v) is 8.59. The number of fused-ring (bicyclic) bond motifs is 3. The number of nitrogens with zero attached hydrogens (tertiary/aromatic N) is 1. The highest BCUT2D eigenvalue weighted by Crippen LogP contribution is 2.44. The fourth-order valence-corrected chi connectivity index (χ4v) is 4.52. The number of hydrogen-bond acceptors (Lipinski definition) is 3. The number of unbranched alkanes of at least 4 members (excludes halogenated alkanes) is 7. The summed E-state index contributed by atoms with van der Waals surface area (Å²) in [5.41, 5.74) is 4.64. The van der Waals surface area contributed by atoms with Gasteiger partial charge in [-0.1, -0.05) is 100 Å². The van der Waals surface area contributed by atoms with Crippen LogP contribution in [0.1, 0.15) is 75.3 Å². The van der Waals surface area contributed by atoms with Crippen LogP contribution in [0.4, 0.5) is 4.79 Å². The van der Waals surface area contributed by atoms with Crippen LogP contribution in [0.25, 0.3) is 11.1 Å². The zero-order chi connectivity index (χ0) is 22.8. The third-order valence-electron chi connectivity index (χ3n) is 6.20. The Labute approximate surface area is 191 Å². The molecule has 1 aliphatic rings. The molecule has 0 spiro atoms. The van der Waals surface area contributed by atoms with Crippen LogP contribution in [-0.4, -0.2) is 41.8 Å². The molecule has 5 nitrogen and oxygen atoms in total. The molecule has 0 fully saturated rings. The highest BCUT2D eigenvalue weighted by Gasteiger charge is 2.29. The molecule has 1 N–H and O–H groups in total. The first-order valence-corrected chi connectivity index (χ1v) is 11.9. The molecular weight excluding hydrogens is 402 g/mol. The van der Waals surface area contributed by atoms with Gasteiger partial charge in [0.15, 0.2) is 0 Å². The lowest BCUT2D eigenvalue weighted by atomic mass is 9.98. The summed E-state index contributed by atoms with van der Waals surface area (Å²) in [5.74, 6) is -1.04. The van der Waals surface area contributed by atoms with Crippen molar-refractivity contribution in [3.05, 3.63) is 59.7 Å². The molecule has 32 heavy (non-hydrogen) atoms. The Bertz CT molecular complexity index is 849. The first-order chi connectivity index (χ1) is 15.6. The quantitative estimate of drug-likeness (QED) is 0.365. The predicted octanol–water partition coefficient (Wildman–Crippen LogP) is 6.46. The van der Waals surface area contributed by atoms with Crippen LogP contribution < -0.4 is 0 Å². The van der Waals surface area contributed by atoms with Crippen molar-refractivity contribution in [1.29, 1.82) is 0 Å². The number of aliphatic carboxylic acids is 1. The molecule has 0 aliphatic heterocycles. The minimum absolute atomic E-state index is 0.0267. The predicted molar refractivity (Wildman–Crippen MR) is 127 cm³/mol. The number of rotatable bonds is 13. The molecule has 2 aromatic carbocycles. The molecule has 1 amide bonds. The van der Waals surface area contributed by atoms with E-state index >= 15 is 0 Å². The second-order valence-electron chi connectivity index (χ2n) is 8.59. The molecule has 3 rings (SSSR count). The molecule has 0 heterocycles. The molecule has 0 saturated carbocycles. The van der Waals surface area contributed by atoms with Gasteiger partial charge in [-0.05, 0) is 28.7 Å². The largest absolute Gasteiger partial charge is 0.480 e. The van der Waals surface area contributed by atoms with Crippen molar-refractivity contribution in [2.24, 2.45) is 0 Å². The Morgan fingerprint density at radius 2 is 1.38 bits per heavy atom. The molecule has 0 atom stereocenters. The van der Waals surface area contributed by atoms with E-state index in [1.807, 2.05) is 24.3 Å². The summed E-state index contributed by atoms with van der Waals surface area (Å²) < 4.78 is 5.65. The maximum absolute atomic E-state index is 12.7. The zero-order valence-electron chi connectivity index (χ0n) is 19.1. The van der Waals surface area contributed by atoms with E-state index < -0.39 is 12.1 Å². The van der Waals surface area contributed by atoms with Crippen LogP contribution in [-0.2, 0) is 9.53 Å². The number of hydrogen-bond donors (Lipinski definition) is 1. The van der Waals surface area contributed by atoms with E-state index in [0.717, 1.165) is 30.4 Å². The maximum atomic E-state index is 12.7. The van der Waals surface area contributed by atoms with Crippen molar-refractivity contribution in [3.8, 4) is 11.1 Å². The topological polar surface area (TPSA) is 66.8 Å². The number of carboxylic acids is 1. The first kappa shape index (κ1) is 23.8. The number of benzene rings is 2. The Kier molecular flexibility index (Phi) is 9.14. The average molecular weight is 438 g/mol. The Morgan fingerprint density at radius 3 is 1.94 bits per heavy atom. The van der Waals surface area contributed by atoms with E-state index in [1.54, 1.807) is 0 Å². The minimum atomic E-state index is -1.02. The van der Waals surface area contributed by atoms with Gasteiger partial charge in [-0.15, -0.1) is 0 Å². The molecule has 0 aromatic heterocycles. The van der Waals surface area contributed by atoms with E-state index in [4.69, 9.17) is 4.74 Å². The molecule has 0 radical (unpaired) electrons. The van der Waals surface area contributed by atoms with Gasteiger partial charge in [-0.3, -0.25) is 9.69 Å². The van der Waals surface area contributed by atoms with Gasteiger partial charge in [0.05, 0.1) is 0 Å². The van der Waals surface area contributed by atoms with E-state index in [0.29, 0.717) is 6.54 Å². The van der Waals surface area contributed by atoms with Crippen LogP contribution in [0.15, 0.2) is 48.5 Å². The van der Waals surface area contributed by atoms with Crippen LogP contribution in [0.5, 0.6) is 0 Å². The molecular formula is C27H35NO4. The highest BCUT2D eigenvalue weighted by atomic mass is 16.6. The third-order valence-corrected chi connectivity index (χ3v) is 6.20. The molecule has 172 valence electrons. The zero-order valence-corrected chi connectivity index (χ0v) is 19.1. The van der Waals surface area contributed by atoms with Crippen LogP contribution in [0.3, 0.4) is 0 Å². The molecule has 0 bridgehead atoms. The molecule has 0 unspecified atom stereocenters. The van der Waals surface area contributed by atoms with E-state index in [-0.39, 0.29) is 19.1 Å². The fraction of sp³-hybridized carbons (Fsp3) is 0.481. The number of ether oxygens (including phenoxy) is 1. The van der Waals surface area contributed by atoms with Gasteiger partial charge in [0.25, 0.3) is 0 Å². The van der Waals surface area contributed by atoms with Gasteiger partial charge in [0, 0.05) is 12.5 Å². The van der Waals surface area contributed by atoms with Crippen LogP contribution in [0, 0.1) is 0 Å². The van der Waals surface area contributed by atoms with Crippen molar-refractivity contribution >= 4 is 12.1 Å². The molecule has 5 heteroatoms. The van der Waals surface area contributed by atoms with Gasteiger partial charge < -0.3 is 9.84 Å². The number of amides is 1. The smallest absolute Gasteiger partial charge is 0.410 e. The van der Waals surface area contributed by atoms with Crippen LogP contribution >= 0.6 is 0 Å². The second kappa shape index (κ2) is 12.3. The standard InChI is InChI=1S/C27H35NO4/c1-2-3-4-5-6-7-8-13-18-28(19-26(29)30)27(31)32-20-25-23-16-11-9-14-21(23)22-15-10-12-17-24(22)25/h9-12,14-17,25H,2-8,13,18-20H2,1H3,(H,29,30). The summed E-state index contributed by atoms with van der Waals surface area (Å²) in [6.45, 7) is 2.51. The monoisotopic (exact) mass is 437 g/mol. The van der Waals surface area contributed by atoms with Gasteiger partial charge in [0.2, 0.25) is 0 Å². The van der Waals surface area contributed by atoms with Gasteiger partial charge in [0.1, 0.15) is 13.2 Å². The fourth-order valence-electron chi connectivity index (χ4n) is 4.52. The number of carbonyl (C=O) groups excluding carboxylic acids is 1. The van der Waals surface area contributed by atoms with Gasteiger partial charge >= 0.3 is 12.1 Å². The first-order valence-electron chi connectivity index (χ1n) is 11.9. The molecule has 2 aromatic rings. The summed E-state index contributed by atoms with van der Waals surface area (Å²) in [7, 11) is 0. The normalized spacial score (nSPS) is 12.3. The lowest BCUT2D eigenvalue weighted by molar-refractivity contribution is -0.138. The summed E-state index contributed by atoms with van der Waals surface area (Å²) in [6, 6.07) is 16.4.